The van der Waals surface area contributed by atoms with Gasteiger partial charge in [0, 0.05) is 0 Å². The van der Waals surface area contributed by atoms with Crippen LogP contribution >= 0.6 is 11.8 Å². The number of carbonyl (C=O) groups is 2. The summed E-state index contributed by atoms with van der Waals surface area (Å²) in [5.74, 6) is -0.391. The highest BCUT2D eigenvalue weighted by atomic mass is 32.2. The van der Waals surface area contributed by atoms with E-state index in [0.717, 1.165) is 0 Å². The molecule has 0 rings (SSSR count). The van der Waals surface area contributed by atoms with Crippen LogP contribution in [0.5, 0.6) is 0 Å². The van der Waals surface area contributed by atoms with Gasteiger partial charge in [-0.2, -0.15) is 11.8 Å². The van der Waals surface area contributed by atoms with Crippen molar-refractivity contribution < 1.29 is 19.4 Å². The second kappa shape index (κ2) is 8.16. The van der Waals surface area contributed by atoms with Gasteiger partial charge >= 0.3 is 12.1 Å². The summed E-state index contributed by atoms with van der Waals surface area (Å²) in [5.41, 5.74) is 0. The number of aliphatic carboxylic acids is 1. The van der Waals surface area contributed by atoms with Crippen molar-refractivity contribution in [3.63, 3.8) is 0 Å². The van der Waals surface area contributed by atoms with Crippen LogP contribution < -0.4 is 5.32 Å². The predicted octanol–water partition coefficient (Wildman–Crippen LogP) is 1.10. The van der Waals surface area contributed by atoms with Gasteiger partial charge in [0.05, 0.1) is 0 Å². The Kier molecular flexibility index (Phi) is 7.53. The molecule has 0 saturated carbocycles. The monoisotopic (exact) mass is 233 g/mol. The molecule has 6 heteroatoms. The maximum absolute atomic E-state index is 11.0. The predicted molar refractivity (Wildman–Crippen MR) is 59.1 cm³/mol. The molecule has 0 spiro atoms. The van der Waals surface area contributed by atoms with Crippen LogP contribution in [0.15, 0.2) is 12.7 Å². The summed E-state index contributed by atoms with van der Waals surface area (Å²) < 4.78 is 4.61. The Bertz CT molecular complexity index is 232. The number of hydrogen-bond donors (Lipinski definition) is 2. The molecule has 15 heavy (non-hydrogen) atoms. The van der Waals surface area contributed by atoms with Gasteiger partial charge in [0.15, 0.2) is 0 Å². The van der Waals surface area contributed by atoms with Gasteiger partial charge in [0.1, 0.15) is 12.6 Å². The van der Waals surface area contributed by atoms with Gasteiger partial charge in [0.2, 0.25) is 0 Å². The number of carboxylic acid groups (broad SMARTS) is 1. The molecule has 0 aliphatic carbocycles. The molecular weight excluding hydrogens is 218 g/mol. The number of rotatable bonds is 7. The highest BCUT2D eigenvalue weighted by molar-refractivity contribution is 7.98. The van der Waals surface area contributed by atoms with Gasteiger partial charge < -0.3 is 15.2 Å². The molecule has 0 unspecified atom stereocenters. The first-order valence-electron chi connectivity index (χ1n) is 4.37. The SMILES string of the molecule is C=CCOC(=O)N[C@@H](CCSC)C(=O)O. The lowest BCUT2D eigenvalue weighted by Crippen LogP contribution is -2.41. The van der Waals surface area contributed by atoms with Crippen molar-refractivity contribution in [2.45, 2.75) is 12.5 Å². The Morgan fingerprint density at radius 2 is 2.33 bits per heavy atom. The standard InChI is InChI=1S/C9H15NO4S/c1-3-5-14-9(13)10-7(8(11)12)4-6-15-2/h3,7H,1,4-6H2,2H3,(H,10,13)(H,11,12)/t7-/m0/s1. The fraction of sp³-hybridized carbons (Fsp3) is 0.556. The highest BCUT2D eigenvalue weighted by Gasteiger charge is 2.19. The van der Waals surface area contributed by atoms with E-state index in [2.05, 4.69) is 16.6 Å². The molecule has 0 aromatic heterocycles. The third kappa shape index (κ3) is 6.84. The second-order valence-electron chi connectivity index (χ2n) is 2.70. The lowest BCUT2D eigenvalue weighted by atomic mass is 10.2. The first kappa shape index (κ1) is 13.8. The van der Waals surface area contributed by atoms with Gasteiger partial charge in [-0.1, -0.05) is 12.7 Å². The normalized spacial score (nSPS) is 11.5. The van der Waals surface area contributed by atoms with Crippen LogP contribution in [0.25, 0.3) is 0 Å². The van der Waals surface area contributed by atoms with Gasteiger partial charge in [-0.3, -0.25) is 0 Å². The molecule has 86 valence electrons. The second-order valence-corrected chi connectivity index (χ2v) is 3.69. The lowest BCUT2D eigenvalue weighted by Gasteiger charge is -2.13. The van der Waals surface area contributed by atoms with Crippen molar-refractivity contribution >= 4 is 23.8 Å². The van der Waals surface area contributed by atoms with E-state index in [-0.39, 0.29) is 6.61 Å². The first-order valence-corrected chi connectivity index (χ1v) is 5.77. The average molecular weight is 233 g/mol. The van der Waals surface area contributed by atoms with E-state index >= 15 is 0 Å². The minimum Gasteiger partial charge on any atom is -0.480 e. The number of nitrogens with one attached hydrogen (secondary N) is 1. The zero-order valence-electron chi connectivity index (χ0n) is 8.56. The lowest BCUT2D eigenvalue weighted by molar-refractivity contribution is -0.139. The van der Waals surface area contributed by atoms with Crippen molar-refractivity contribution in [2.75, 3.05) is 18.6 Å². The molecular formula is C9H15NO4S. The third-order valence-electron chi connectivity index (χ3n) is 1.53. The Hall–Kier alpha value is -1.17. The molecule has 0 aromatic carbocycles. The Morgan fingerprint density at radius 1 is 1.67 bits per heavy atom. The van der Waals surface area contributed by atoms with Crippen LogP contribution in [0.4, 0.5) is 4.79 Å². The average Bonchev–Trinajstić information content (AvgIpc) is 2.20. The quantitative estimate of drug-likeness (QED) is 0.644. The van der Waals surface area contributed by atoms with Gasteiger partial charge in [-0.15, -0.1) is 0 Å². The van der Waals surface area contributed by atoms with E-state index in [4.69, 9.17) is 5.11 Å². The number of hydrogen-bond acceptors (Lipinski definition) is 4. The number of carboxylic acids is 1. The third-order valence-corrected chi connectivity index (χ3v) is 2.18. The van der Waals surface area contributed by atoms with Crippen molar-refractivity contribution in [2.24, 2.45) is 0 Å². The molecule has 5 nitrogen and oxygen atoms in total. The number of ether oxygens (including phenoxy) is 1. The first-order chi connectivity index (χ1) is 7.11. The highest BCUT2D eigenvalue weighted by Crippen LogP contribution is 2.01. The molecule has 0 saturated heterocycles. The molecule has 0 fully saturated rings. The minimum absolute atomic E-state index is 0.0701. The van der Waals surface area contributed by atoms with Crippen molar-refractivity contribution in [1.82, 2.24) is 5.32 Å². The minimum atomic E-state index is -1.06. The summed E-state index contributed by atoms with van der Waals surface area (Å²) in [7, 11) is 0. The molecule has 1 atom stereocenters. The molecule has 0 heterocycles. The maximum Gasteiger partial charge on any atom is 0.408 e. The van der Waals surface area contributed by atoms with Gasteiger partial charge in [-0.25, -0.2) is 9.59 Å². The molecule has 0 aliphatic heterocycles. The number of amides is 1. The largest absolute Gasteiger partial charge is 0.480 e. The summed E-state index contributed by atoms with van der Waals surface area (Å²) in [5, 5.41) is 11.0. The Balaban J connectivity index is 3.98. The zero-order valence-corrected chi connectivity index (χ0v) is 9.38. The van der Waals surface area contributed by atoms with Crippen molar-refractivity contribution in [1.29, 1.82) is 0 Å². The molecule has 0 aromatic rings. The number of thioether (sulfide) groups is 1. The molecule has 0 radical (unpaired) electrons. The van der Waals surface area contributed by atoms with Gasteiger partial charge in [-0.05, 0) is 18.4 Å². The van der Waals surface area contributed by atoms with Gasteiger partial charge in [0.25, 0.3) is 0 Å². The summed E-state index contributed by atoms with van der Waals surface area (Å²) in [6, 6.07) is -0.894. The molecule has 0 bridgehead atoms. The van der Waals surface area contributed by atoms with E-state index in [1.807, 2.05) is 6.26 Å². The number of carbonyl (C=O) groups excluding carboxylic acids is 1. The summed E-state index contributed by atoms with van der Waals surface area (Å²) in [4.78, 5) is 21.7. The van der Waals surface area contributed by atoms with Crippen LogP contribution in [0.3, 0.4) is 0 Å². The van der Waals surface area contributed by atoms with Crippen LogP contribution in [0.1, 0.15) is 6.42 Å². The van der Waals surface area contributed by atoms with Crippen LogP contribution in [-0.4, -0.2) is 41.8 Å². The van der Waals surface area contributed by atoms with Crippen LogP contribution in [0, 0.1) is 0 Å². The summed E-state index contributed by atoms with van der Waals surface area (Å²) >= 11 is 1.52. The maximum atomic E-state index is 11.0. The van der Waals surface area contributed by atoms with E-state index in [9.17, 15) is 9.59 Å². The van der Waals surface area contributed by atoms with Crippen LogP contribution in [-0.2, 0) is 9.53 Å². The Labute approximate surface area is 92.9 Å². The molecule has 0 aliphatic rings. The van der Waals surface area contributed by atoms with E-state index in [0.29, 0.717) is 12.2 Å². The Morgan fingerprint density at radius 3 is 2.80 bits per heavy atom. The zero-order chi connectivity index (χ0) is 11.7. The summed E-state index contributed by atoms with van der Waals surface area (Å²) in [6.07, 6.45) is 2.93. The smallest absolute Gasteiger partial charge is 0.408 e. The topological polar surface area (TPSA) is 75.6 Å². The van der Waals surface area contributed by atoms with E-state index < -0.39 is 18.1 Å². The van der Waals surface area contributed by atoms with Crippen LogP contribution in [0.2, 0.25) is 0 Å². The number of alkyl carbamates (subject to hydrolysis) is 1. The summed E-state index contributed by atoms with van der Waals surface area (Å²) in [6.45, 7) is 3.44. The molecule has 2 N–H and O–H groups in total. The van der Waals surface area contributed by atoms with Crippen molar-refractivity contribution in [3.05, 3.63) is 12.7 Å². The van der Waals surface area contributed by atoms with E-state index in [1.54, 1.807) is 0 Å². The van der Waals surface area contributed by atoms with E-state index in [1.165, 1.54) is 17.8 Å². The van der Waals surface area contributed by atoms with Crippen molar-refractivity contribution in [3.8, 4) is 0 Å². The fourth-order valence-corrected chi connectivity index (χ4v) is 1.28. The molecule has 1 amide bonds. The fourth-order valence-electron chi connectivity index (χ4n) is 0.812.